The van der Waals surface area contributed by atoms with Crippen LogP contribution in [0.25, 0.3) is 0 Å². The van der Waals surface area contributed by atoms with Gasteiger partial charge in [-0.05, 0) is 73.7 Å². The van der Waals surface area contributed by atoms with E-state index in [0.29, 0.717) is 41.9 Å². The van der Waals surface area contributed by atoms with Gasteiger partial charge in [0.15, 0.2) is 0 Å². The SMILES string of the molecule is CC(C)[C@H](C)/C=C/[C@H](C)[C@H]1CC[C@@H]2[C@]1(C)CC[C@H]1[C@]23C=C[C@]2(C[C@@H](O)CC[C@]12C)OO3. The molecule has 174 valence electrons. The number of rotatable bonds is 4. The molecule has 2 aliphatic heterocycles. The number of hydrogen-bond acceptors (Lipinski definition) is 3. The monoisotopic (exact) mass is 428 g/mol. The molecule has 4 aliphatic carbocycles. The molecule has 0 amide bonds. The normalized spacial score (nSPS) is 52.8. The number of aliphatic hydroxyl groups is 1. The molecule has 3 nitrogen and oxygen atoms in total. The van der Waals surface area contributed by atoms with Crippen molar-refractivity contribution < 1.29 is 14.9 Å². The molecule has 10 atom stereocenters. The summed E-state index contributed by atoms with van der Waals surface area (Å²) in [5.41, 5.74) is -0.366. The molecule has 2 spiro atoms. The molecule has 6 aliphatic rings. The van der Waals surface area contributed by atoms with Crippen LogP contribution in [0.3, 0.4) is 0 Å². The number of allylic oxidation sites excluding steroid dienone is 2. The molecule has 0 unspecified atom stereocenters. The fourth-order valence-electron chi connectivity index (χ4n) is 8.71. The Kier molecular flexibility index (Phi) is 5.13. The first-order valence-electron chi connectivity index (χ1n) is 13.0. The first kappa shape index (κ1) is 22.2. The molecule has 0 aromatic heterocycles. The number of aliphatic hydroxyl groups excluding tert-OH is 1. The Morgan fingerprint density at radius 3 is 2.35 bits per heavy atom. The van der Waals surface area contributed by atoms with Gasteiger partial charge in [-0.2, -0.15) is 0 Å². The molecule has 3 heteroatoms. The fraction of sp³-hybridized carbons (Fsp3) is 0.857. The standard InChI is InChI=1S/C28H44O3/c1-18(2)19(3)7-8-20(4)22-9-10-23-25(22,5)13-12-24-26(6)14-11-21(29)17-27(26)15-16-28(23,24)31-30-27/h7-8,15-16,18-24,29H,9-14,17H2,1-6H3/b8-7+/t19-,20+,21+,22-,23-,24-,25-,26-,27-,28+/m1/s1. The predicted molar refractivity (Wildman–Crippen MR) is 124 cm³/mol. The highest BCUT2D eigenvalue weighted by atomic mass is 17.2. The van der Waals surface area contributed by atoms with E-state index < -0.39 is 5.60 Å². The van der Waals surface area contributed by atoms with E-state index in [1.54, 1.807) is 0 Å². The topological polar surface area (TPSA) is 38.7 Å². The van der Waals surface area contributed by atoms with Crippen molar-refractivity contribution in [3.8, 4) is 0 Å². The van der Waals surface area contributed by atoms with Gasteiger partial charge in [0.2, 0.25) is 0 Å². The van der Waals surface area contributed by atoms with Crippen LogP contribution < -0.4 is 0 Å². The number of hydrogen-bond donors (Lipinski definition) is 1. The first-order chi connectivity index (χ1) is 14.6. The Morgan fingerprint density at radius 1 is 0.903 bits per heavy atom. The Labute approximate surface area is 189 Å². The van der Waals surface area contributed by atoms with Gasteiger partial charge in [0.1, 0.15) is 11.2 Å². The minimum atomic E-state index is -0.439. The summed E-state index contributed by atoms with van der Waals surface area (Å²) < 4.78 is 0. The Hall–Kier alpha value is -0.640. The van der Waals surface area contributed by atoms with Gasteiger partial charge in [-0.15, -0.1) is 0 Å². The van der Waals surface area contributed by atoms with Crippen LogP contribution in [0.1, 0.15) is 86.5 Å². The highest BCUT2D eigenvalue weighted by Crippen LogP contribution is 2.72. The largest absolute Gasteiger partial charge is 0.393 e. The summed E-state index contributed by atoms with van der Waals surface area (Å²) in [4.78, 5) is 12.8. The van der Waals surface area contributed by atoms with Gasteiger partial charge in [-0.25, -0.2) is 9.78 Å². The summed E-state index contributed by atoms with van der Waals surface area (Å²) in [7, 11) is 0. The van der Waals surface area contributed by atoms with Gasteiger partial charge in [0.25, 0.3) is 0 Å². The lowest BCUT2D eigenvalue weighted by Gasteiger charge is -2.69. The highest BCUT2D eigenvalue weighted by Gasteiger charge is 2.74. The Morgan fingerprint density at radius 2 is 1.68 bits per heavy atom. The summed E-state index contributed by atoms with van der Waals surface area (Å²) in [6.45, 7) is 14.4. The molecular weight excluding hydrogens is 384 g/mol. The third kappa shape index (κ3) is 2.88. The van der Waals surface area contributed by atoms with Crippen LogP contribution in [0.2, 0.25) is 0 Å². The van der Waals surface area contributed by atoms with Crippen molar-refractivity contribution in [2.24, 2.45) is 46.3 Å². The van der Waals surface area contributed by atoms with Gasteiger partial charge in [-0.3, -0.25) is 0 Å². The van der Waals surface area contributed by atoms with E-state index in [1.165, 1.54) is 25.7 Å². The van der Waals surface area contributed by atoms with Crippen LogP contribution in [-0.2, 0) is 9.78 Å². The van der Waals surface area contributed by atoms with Crippen molar-refractivity contribution in [1.82, 2.24) is 0 Å². The van der Waals surface area contributed by atoms with Crippen molar-refractivity contribution in [1.29, 1.82) is 0 Å². The van der Waals surface area contributed by atoms with E-state index in [0.717, 1.165) is 12.8 Å². The van der Waals surface area contributed by atoms with E-state index >= 15 is 0 Å². The molecule has 0 aromatic carbocycles. The molecule has 4 fully saturated rings. The summed E-state index contributed by atoms with van der Waals surface area (Å²) >= 11 is 0. The average Bonchev–Trinajstić information content (AvgIpc) is 3.09. The van der Waals surface area contributed by atoms with Crippen molar-refractivity contribution in [3.05, 3.63) is 24.3 Å². The molecule has 0 radical (unpaired) electrons. The summed E-state index contributed by atoms with van der Waals surface area (Å²) in [6.07, 6.45) is 17.0. The van der Waals surface area contributed by atoms with Crippen LogP contribution >= 0.6 is 0 Å². The van der Waals surface area contributed by atoms with E-state index in [-0.39, 0.29) is 22.5 Å². The highest BCUT2D eigenvalue weighted by molar-refractivity contribution is 5.33. The summed E-state index contributed by atoms with van der Waals surface area (Å²) in [5.74, 6) is 3.64. The van der Waals surface area contributed by atoms with E-state index in [4.69, 9.17) is 9.78 Å². The van der Waals surface area contributed by atoms with E-state index in [1.807, 2.05) is 0 Å². The van der Waals surface area contributed by atoms with Crippen LogP contribution in [-0.4, -0.2) is 22.4 Å². The lowest BCUT2D eigenvalue weighted by Crippen LogP contribution is -2.73. The van der Waals surface area contributed by atoms with Gasteiger partial charge in [0.05, 0.1) is 6.10 Å². The van der Waals surface area contributed by atoms with Gasteiger partial charge >= 0.3 is 0 Å². The van der Waals surface area contributed by atoms with Crippen molar-refractivity contribution in [2.75, 3.05) is 0 Å². The minimum absolute atomic E-state index is 0.0663. The maximum Gasteiger partial charge on any atom is 0.130 e. The Balaban J connectivity index is 1.45. The zero-order chi connectivity index (χ0) is 22.2. The van der Waals surface area contributed by atoms with Crippen molar-refractivity contribution >= 4 is 0 Å². The quantitative estimate of drug-likeness (QED) is 0.412. The second-order valence-corrected chi connectivity index (χ2v) is 12.7. The zero-order valence-corrected chi connectivity index (χ0v) is 20.6. The predicted octanol–water partition coefficient (Wildman–Crippen LogP) is 6.47. The van der Waals surface area contributed by atoms with Crippen LogP contribution in [0.5, 0.6) is 0 Å². The fourth-order valence-corrected chi connectivity index (χ4v) is 8.71. The van der Waals surface area contributed by atoms with Crippen LogP contribution in [0.4, 0.5) is 0 Å². The van der Waals surface area contributed by atoms with Crippen LogP contribution in [0, 0.1) is 46.3 Å². The van der Waals surface area contributed by atoms with Gasteiger partial charge in [0, 0.05) is 23.7 Å². The second-order valence-electron chi connectivity index (χ2n) is 12.7. The van der Waals surface area contributed by atoms with Gasteiger partial charge < -0.3 is 5.11 Å². The van der Waals surface area contributed by atoms with Crippen molar-refractivity contribution in [2.45, 2.75) is 104 Å². The molecular formula is C28H44O3. The van der Waals surface area contributed by atoms with Crippen LogP contribution in [0.15, 0.2) is 24.3 Å². The zero-order valence-electron chi connectivity index (χ0n) is 20.6. The first-order valence-corrected chi connectivity index (χ1v) is 13.0. The molecule has 1 saturated heterocycles. The molecule has 31 heavy (non-hydrogen) atoms. The number of fused-ring (bicyclic) bond motifs is 2. The molecule has 2 heterocycles. The molecule has 1 N–H and O–H groups in total. The Bertz CT molecular complexity index is 772. The average molecular weight is 429 g/mol. The summed E-state index contributed by atoms with van der Waals surface area (Å²) in [6, 6.07) is 0. The molecule has 2 bridgehead atoms. The van der Waals surface area contributed by atoms with E-state index in [9.17, 15) is 5.11 Å². The maximum atomic E-state index is 10.4. The molecule has 0 aromatic rings. The second kappa shape index (κ2) is 7.18. The third-order valence-corrected chi connectivity index (χ3v) is 11.1. The smallest absolute Gasteiger partial charge is 0.130 e. The lowest BCUT2D eigenvalue weighted by atomic mass is 9.43. The third-order valence-electron chi connectivity index (χ3n) is 11.1. The van der Waals surface area contributed by atoms with Gasteiger partial charge in [-0.1, -0.05) is 59.8 Å². The minimum Gasteiger partial charge on any atom is -0.393 e. The van der Waals surface area contributed by atoms with Crippen molar-refractivity contribution in [3.63, 3.8) is 0 Å². The van der Waals surface area contributed by atoms with E-state index in [2.05, 4.69) is 65.8 Å². The molecule has 6 rings (SSSR count). The molecule has 3 saturated carbocycles. The lowest BCUT2D eigenvalue weighted by molar-refractivity contribution is -0.497. The summed E-state index contributed by atoms with van der Waals surface area (Å²) in [5, 5.41) is 10.4. The maximum absolute atomic E-state index is 10.4.